The minimum Gasteiger partial charge on any atom is -0.160 e. The summed E-state index contributed by atoms with van der Waals surface area (Å²) in [5.41, 5.74) is -3.38. The highest BCUT2D eigenvalue weighted by atomic mass is 79.9. The zero-order chi connectivity index (χ0) is 12.2. The lowest BCUT2D eigenvalue weighted by molar-refractivity contribution is -0.0328. The average molecular weight is 334 g/mol. The molecule has 0 saturated heterocycles. The third-order valence-electron chi connectivity index (χ3n) is 1.76. The number of alkyl halides is 4. The van der Waals surface area contributed by atoms with Crippen molar-refractivity contribution < 1.29 is 13.2 Å². The Morgan fingerprint density at radius 1 is 1.25 bits per heavy atom. The molecule has 0 aromatic heterocycles. The number of rotatable bonds is 4. The van der Waals surface area contributed by atoms with Crippen LogP contribution in [0.2, 0.25) is 0 Å². The van der Waals surface area contributed by atoms with E-state index in [0.29, 0.717) is 16.8 Å². The van der Waals surface area contributed by atoms with Crippen molar-refractivity contribution >= 4 is 39.3 Å². The average Bonchev–Trinajstić information content (AvgIpc) is 2.10. The van der Waals surface area contributed by atoms with E-state index in [1.807, 2.05) is 6.07 Å². The molecule has 16 heavy (non-hydrogen) atoms. The second-order valence-corrected chi connectivity index (χ2v) is 5.57. The SMILES string of the molecule is FC(F)(F)Sc1cc(Br)cc(CCCCl)c1. The predicted octanol–water partition coefficient (Wildman–Crippen LogP) is 5.23. The summed E-state index contributed by atoms with van der Waals surface area (Å²) in [5.74, 6) is 0.508. The van der Waals surface area contributed by atoms with Crippen LogP contribution in [0.25, 0.3) is 0 Å². The molecule has 0 N–H and O–H groups in total. The lowest BCUT2D eigenvalue weighted by Crippen LogP contribution is -1.99. The molecule has 0 nitrogen and oxygen atoms in total. The van der Waals surface area contributed by atoms with Gasteiger partial charge in [0.2, 0.25) is 0 Å². The van der Waals surface area contributed by atoms with E-state index in [2.05, 4.69) is 15.9 Å². The minimum atomic E-state index is -4.25. The molecule has 0 heterocycles. The molecular weight excluding hydrogens is 325 g/mol. The van der Waals surface area contributed by atoms with Crippen LogP contribution in [0.5, 0.6) is 0 Å². The molecule has 0 fully saturated rings. The Kier molecular flexibility index (Phi) is 5.47. The van der Waals surface area contributed by atoms with Crippen LogP contribution in [0.3, 0.4) is 0 Å². The lowest BCUT2D eigenvalue weighted by atomic mass is 10.1. The summed E-state index contributed by atoms with van der Waals surface area (Å²) in [5, 5.41) is 0. The van der Waals surface area contributed by atoms with Gasteiger partial charge < -0.3 is 0 Å². The molecule has 0 bridgehead atoms. The summed E-state index contributed by atoms with van der Waals surface area (Å²) in [4.78, 5) is 0.200. The van der Waals surface area contributed by atoms with Crippen LogP contribution in [0.4, 0.5) is 13.2 Å². The molecule has 0 unspecified atom stereocenters. The van der Waals surface area contributed by atoms with Crippen LogP contribution >= 0.6 is 39.3 Å². The van der Waals surface area contributed by atoms with Crippen LogP contribution in [-0.4, -0.2) is 11.4 Å². The Bertz CT molecular complexity index is 354. The maximum absolute atomic E-state index is 12.2. The Labute approximate surface area is 110 Å². The van der Waals surface area contributed by atoms with Crippen molar-refractivity contribution in [1.82, 2.24) is 0 Å². The second-order valence-electron chi connectivity index (χ2n) is 3.14. The Balaban J connectivity index is 2.81. The monoisotopic (exact) mass is 332 g/mol. The summed E-state index contributed by atoms with van der Waals surface area (Å²) in [7, 11) is 0. The van der Waals surface area contributed by atoms with Gasteiger partial charge in [0.05, 0.1) is 0 Å². The van der Waals surface area contributed by atoms with Crippen molar-refractivity contribution in [2.24, 2.45) is 0 Å². The van der Waals surface area contributed by atoms with E-state index in [0.717, 1.165) is 12.0 Å². The van der Waals surface area contributed by atoms with E-state index in [9.17, 15) is 13.2 Å². The van der Waals surface area contributed by atoms with Crippen molar-refractivity contribution in [1.29, 1.82) is 0 Å². The molecular formula is C10H9BrClF3S. The molecule has 0 aliphatic heterocycles. The summed E-state index contributed by atoms with van der Waals surface area (Å²) in [6, 6.07) is 4.82. The molecule has 0 aliphatic rings. The summed E-state index contributed by atoms with van der Waals surface area (Å²) < 4.78 is 37.2. The quantitative estimate of drug-likeness (QED) is 0.537. The first-order chi connectivity index (χ1) is 7.40. The number of thioether (sulfide) groups is 1. The molecule has 0 saturated carbocycles. The third-order valence-corrected chi connectivity index (χ3v) is 3.19. The molecule has 0 atom stereocenters. The molecule has 0 aliphatic carbocycles. The fourth-order valence-corrected chi connectivity index (χ4v) is 2.72. The van der Waals surface area contributed by atoms with E-state index < -0.39 is 5.51 Å². The molecule has 6 heteroatoms. The Morgan fingerprint density at radius 2 is 1.94 bits per heavy atom. The molecule has 90 valence electrons. The normalized spacial score (nSPS) is 11.8. The van der Waals surface area contributed by atoms with Crippen molar-refractivity contribution in [2.75, 3.05) is 5.88 Å². The van der Waals surface area contributed by atoms with Crippen molar-refractivity contribution in [2.45, 2.75) is 23.2 Å². The van der Waals surface area contributed by atoms with Crippen LogP contribution in [0, 0.1) is 0 Å². The van der Waals surface area contributed by atoms with Gasteiger partial charge in [-0.05, 0) is 48.4 Å². The van der Waals surface area contributed by atoms with E-state index in [-0.39, 0.29) is 16.7 Å². The number of benzene rings is 1. The van der Waals surface area contributed by atoms with Gasteiger partial charge in [-0.2, -0.15) is 13.2 Å². The molecule has 0 spiro atoms. The fraction of sp³-hybridized carbons (Fsp3) is 0.400. The highest BCUT2D eigenvalue weighted by Crippen LogP contribution is 2.38. The van der Waals surface area contributed by atoms with Gasteiger partial charge in [-0.25, -0.2) is 0 Å². The summed E-state index contributed by atoms with van der Waals surface area (Å²) in [6.45, 7) is 0. The number of hydrogen-bond donors (Lipinski definition) is 0. The largest absolute Gasteiger partial charge is 0.446 e. The van der Waals surface area contributed by atoms with Gasteiger partial charge in [0.25, 0.3) is 0 Å². The molecule has 1 aromatic rings. The van der Waals surface area contributed by atoms with Crippen molar-refractivity contribution in [3.05, 3.63) is 28.2 Å². The van der Waals surface area contributed by atoms with E-state index >= 15 is 0 Å². The van der Waals surface area contributed by atoms with Gasteiger partial charge in [-0.1, -0.05) is 15.9 Å². The lowest BCUT2D eigenvalue weighted by Gasteiger charge is -2.08. The van der Waals surface area contributed by atoms with Crippen LogP contribution in [0.1, 0.15) is 12.0 Å². The maximum Gasteiger partial charge on any atom is 0.446 e. The fourth-order valence-electron chi connectivity index (χ4n) is 1.23. The molecule has 1 aromatic carbocycles. The number of hydrogen-bond acceptors (Lipinski definition) is 1. The van der Waals surface area contributed by atoms with Gasteiger partial charge >= 0.3 is 5.51 Å². The van der Waals surface area contributed by atoms with Gasteiger partial charge in [0, 0.05) is 15.2 Å². The molecule has 1 rings (SSSR count). The molecule has 0 radical (unpaired) electrons. The number of halogens is 5. The first-order valence-electron chi connectivity index (χ1n) is 4.52. The Hall–Kier alpha value is 0.130. The standard InChI is InChI=1S/C10H9BrClF3S/c11-8-4-7(2-1-3-12)5-9(6-8)16-10(13,14)15/h4-6H,1-3H2. The highest BCUT2D eigenvalue weighted by molar-refractivity contribution is 9.10. The summed E-state index contributed by atoms with van der Waals surface area (Å²) >= 11 is 8.64. The Morgan fingerprint density at radius 3 is 2.50 bits per heavy atom. The minimum absolute atomic E-state index is 0.100. The topological polar surface area (TPSA) is 0 Å². The van der Waals surface area contributed by atoms with Gasteiger partial charge in [0.1, 0.15) is 0 Å². The van der Waals surface area contributed by atoms with E-state index in [1.165, 1.54) is 6.07 Å². The van der Waals surface area contributed by atoms with Gasteiger partial charge in [-0.3, -0.25) is 0 Å². The highest BCUT2D eigenvalue weighted by Gasteiger charge is 2.29. The predicted molar refractivity (Wildman–Crippen MR) is 65.1 cm³/mol. The van der Waals surface area contributed by atoms with Crippen LogP contribution in [-0.2, 0) is 6.42 Å². The first-order valence-corrected chi connectivity index (χ1v) is 6.66. The van der Waals surface area contributed by atoms with Crippen molar-refractivity contribution in [3.63, 3.8) is 0 Å². The van der Waals surface area contributed by atoms with Gasteiger partial charge in [-0.15, -0.1) is 11.6 Å². The zero-order valence-corrected chi connectivity index (χ0v) is 11.3. The third kappa shape index (κ3) is 5.46. The smallest absolute Gasteiger partial charge is 0.160 e. The second kappa shape index (κ2) is 6.17. The van der Waals surface area contributed by atoms with E-state index in [4.69, 9.17) is 11.6 Å². The van der Waals surface area contributed by atoms with Crippen LogP contribution in [0.15, 0.2) is 27.6 Å². The van der Waals surface area contributed by atoms with Gasteiger partial charge in [0.15, 0.2) is 0 Å². The zero-order valence-electron chi connectivity index (χ0n) is 8.15. The molecule has 0 amide bonds. The maximum atomic E-state index is 12.2. The summed E-state index contributed by atoms with van der Waals surface area (Å²) in [6.07, 6.45) is 1.45. The first kappa shape index (κ1) is 14.2. The van der Waals surface area contributed by atoms with Crippen molar-refractivity contribution in [3.8, 4) is 0 Å². The number of aryl methyl sites for hydroxylation is 1. The van der Waals surface area contributed by atoms with Crippen LogP contribution < -0.4 is 0 Å². The van der Waals surface area contributed by atoms with E-state index in [1.54, 1.807) is 6.07 Å².